The van der Waals surface area contributed by atoms with E-state index in [1.807, 2.05) is 0 Å². The summed E-state index contributed by atoms with van der Waals surface area (Å²) in [5.74, 6) is 1.30. The molecule has 0 unspecified atom stereocenters. The van der Waals surface area contributed by atoms with Gasteiger partial charge in [0.15, 0.2) is 0 Å². The molecule has 0 bridgehead atoms. The minimum absolute atomic E-state index is 0.648. The highest BCUT2D eigenvalue weighted by Crippen LogP contribution is 2.45. The third-order valence-electron chi connectivity index (χ3n) is 22.0. The smallest absolute Gasteiger partial charge is 0.235 e. The van der Waals surface area contributed by atoms with E-state index in [1.54, 1.807) is 0 Å². The summed E-state index contributed by atoms with van der Waals surface area (Å²) in [5, 5.41) is 19.0. The molecule has 0 aliphatic heterocycles. The van der Waals surface area contributed by atoms with Crippen LogP contribution in [0.15, 0.2) is 376 Å². The van der Waals surface area contributed by atoms with Gasteiger partial charge in [0, 0.05) is 87.1 Å². The molecule has 108 heavy (non-hydrogen) atoms. The van der Waals surface area contributed by atoms with E-state index in [2.05, 4.69) is 394 Å². The van der Waals surface area contributed by atoms with E-state index in [0.717, 1.165) is 88.8 Å². The molecule has 0 aliphatic carbocycles. The Labute approximate surface area is 619 Å². The molecule has 6 aromatic heterocycles. The number of fused-ring (bicyclic) bond motifs is 19. The van der Waals surface area contributed by atoms with E-state index in [9.17, 15) is 0 Å². The second-order valence-electron chi connectivity index (χ2n) is 28.0. The summed E-state index contributed by atoms with van der Waals surface area (Å²) in [6, 6.07) is 134. The molecule has 0 radical (unpaired) electrons. The summed E-state index contributed by atoms with van der Waals surface area (Å²) in [5.41, 5.74) is 21.8. The SMILES string of the molecule is c1ccc(-c2ccc(-c3nc(-n4c5ccccc5c5cc6c7ccc8ccccc8c7n(-c7ccccc7)c6cc54)nc4ccccc34)cc2)cc1.c1ccc(-n2c3cc4c(cc3c3ccc5ccccc5c32)c2ccccc2n4-c2nc(-c3ccc(-c4cccc5ccccc45)cc3)c3ccccc3n2)cc1. The van der Waals surface area contributed by atoms with E-state index in [0.29, 0.717) is 11.9 Å². The summed E-state index contributed by atoms with van der Waals surface area (Å²) in [7, 11) is 0. The lowest BCUT2D eigenvalue weighted by molar-refractivity contribution is 1.01. The van der Waals surface area contributed by atoms with Crippen LogP contribution in [0.3, 0.4) is 0 Å². The molecule has 8 heteroatoms. The zero-order valence-corrected chi connectivity index (χ0v) is 58.4. The van der Waals surface area contributed by atoms with Crippen LogP contribution < -0.4 is 0 Å². The minimum atomic E-state index is 0.648. The molecule has 0 amide bonds. The number of rotatable bonds is 8. The third-order valence-corrected chi connectivity index (χ3v) is 22.0. The van der Waals surface area contributed by atoms with Crippen molar-refractivity contribution in [2.75, 3.05) is 0 Å². The van der Waals surface area contributed by atoms with Crippen molar-refractivity contribution < 1.29 is 0 Å². The van der Waals surface area contributed by atoms with Crippen LogP contribution >= 0.6 is 0 Å². The minimum Gasteiger partial charge on any atom is -0.309 e. The van der Waals surface area contributed by atoms with Gasteiger partial charge in [-0.2, -0.15) is 0 Å². The Morgan fingerprint density at radius 1 is 0.176 bits per heavy atom. The summed E-state index contributed by atoms with van der Waals surface area (Å²) >= 11 is 0. The molecular formula is C100H62N8. The van der Waals surface area contributed by atoms with Crippen molar-refractivity contribution in [3.05, 3.63) is 376 Å². The van der Waals surface area contributed by atoms with Gasteiger partial charge >= 0.3 is 0 Å². The average molecular weight is 1380 g/mol. The lowest BCUT2D eigenvalue weighted by Crippen LogP contribution is -2.03. The first kappa shape index (κ1) is 60.9. The Balaban J connectivity index is 0.000000134. The number of benzene rings is 17. The van der Waals surface area contributed by atoms with E-state index >= 15 is 0 Å². The van der Waals surface area contributed by atoms with E-state index in [1.165, 1.54) is 109 Å². The fourth-order valence-corrected chi connectivity index (χ4v) is 17.1. The van der Waals surface area contributed by atoms with Crippen LogP contribution in [-0.2, 0) is 0 Å². The van der Waals surface area contributed by atoms with E-state index < -0.39 is 0 Å². The van der Waals surface area contributed by atoms with Crippen molar-refractivity contribution in [1.82, 2.24) is 38.2 Å². The van der Waals surface area contributed by atoms with Crippen molar-refractivity contribution in [3.63, 3.8) is 0 Å². The topological polar surface area (TPSA) is 71.3 Å². The normalized spacial score (nSPS) is 11.9. The molecular weight excluding hydrogens is 1310 g/mol. The van der Waals surface area contributed by atoms with Gasteiger partial charge in [0.05, 0.1) is 66.6 Å². The molecule has 0 saturated carbocycles. The summed E-state index contributed by atoms with van der Waals surface area (Å²) in [4.78, 5) is 21.4. The monoisotopic (exact) mass is 1370 g/mol. The second kappa shape index (κ2) is 24.5. The van der Waals surface area contributed by atoms with Gasteiger partial charge in [0.1, 0.15) is 0 Å². The van der Waals surface area contributed by atoms with Crippen LogP contribution in [0.2, 0.25) is 0 Å². The maximum absolute atomic E-state index is 5.46. The predicted octanol–water partition coefficient (Wildman–Crippen LogP) is 25.8. The Hall–Kier alpha value is -14.6. The lowest BCUT2D eigenvalue weighted by Gasteiger charge is -2.13. The van der Waals surface area contributed by atoms with Gasteiger partial charge < -0.3 is 9.13 Å². The maximum Gasteiger partial charge on any atom is 0.235 e. The molecule has 0 spiro atoms. The van der Waals surface area contributed by atoms with Gasteiger partial charge in [0.25, 0.3) is 0 Å². The largest absolute Gasteiger partial charge is 0.309 e. The highest BCUT2D eigenvalue weighted by Gasteiger charge is 2.25. The quantitative estimate of drug-likeness (QED) is 0.152. The fourth-order valence-electron chi connectivity index (χ4n) is 17.1. The highest BCUT2D eigenvalue weighted by molar-refractivity contribution is 6.25. The van der Waals surface area contributed by atoms with Gasteiger partial charge in [-0.3, -0.25) is 9.13 Å². The number of hydrogen-bond acceptors (Lipinski definition) is 4. The van der Waals surface area contributed by atoms with E-state index in [4.69, 9.17) is 19.9 Å². The third kappa shape index (κ3) is 9.64. The van der Waals surface area contributed by atoms with Crippen molar-refractivity contribution >= 4 is 141 Å². The zero-order valence-electron chi connectivity index (χ0n) is 58.4. The Morgan fingerprint density at radius 3 is 1.00 bits per heavy atom. The van der Waals surface area contributed by atoms with E-state index in [-0.39, 0.29) is 0 Å². The molecule has 0 saturated heterocycles. The molecule has 17 aromatic carbocycles. The molecule has 0 fully saturated rings. The zero-order chi connectivity index (χ0) is 70.9. The molecule has 8 nitrogen and oxygen atoms in total. The first-order valence-electron chi connectivity index (χ1n) is 36.8. The summed E-state index contributed by atoms with van der Waals surface area (Å²) in [6.07, 6.45) is 0. The molecule has 0 N–H and O–H groups in total. The predicted molar refractivity (Wildman–Crippen MR) is 451 cm³/mol. The molecule has 0 atom stereocenters. The summed E-state index contributed by atoms with van der Waals surface area (Å²) < 4.78 is 9.37. The van der Waals surface area contributed by atoms with Crippen LogP contribution in [0.1, 0.15) is 0 Å². The van der Waals surface area contributed by atoms with Gasteiger partial charge in [-0.05, 0) is 117 Å². The summed E-state index contributed by atoms with van der Waals surface area (Å²) in [6.45, 7) is 0. The number of hydrogen-bond donors (Lipinski definition) is 0. The van der Waals surface area contributed by atoms with Gasteiger partial charge in [-0.1, -0.05) is 303 Å². The van der Waals surface area contributed by atoms with Crippen LogP contribution in [0.4, 0.5) is 0 Å². The van der Waals surface area contributed by atoms with Crippen LogP contribution in [0.25, 0.3) is 209 Å². The number of nitrogens with zero attached hydrogens (tertiary/aromatic N) is 8. The van der Waals surface area contributed by atoms with Crippen molar-refractivity contribution in [1.29, 1.82) is 0 Å². The molecule has 23 rings (SSSR count). The van der Waals surface area contributed by atoms with Crippen molar-refractivity contribution in [2.45, 2.75) is 0 Å². The molecule has 6 heterocycles. The first-order chi connectivity index (χ1) is 53.6. The Kier molecular flexibility index (Phi) is 13.8. The van der Waals surface area contributed by atoms with Crippen LogP contribution in [0, 0.1) is 0 Å². The Bertz CT molecular complexity index is 7580. The number of para-hydroxylation sites is 6. The van der Waals surface area contributed by atoms with Crippen LogP contribution in [-0.4, -0.2) is 38.2 Å². The standard InChI is InChI=1S/C52H32N4.C48H30N4/c1-2-16-37(17-3-1)55-48-32-49-44(31-45(48)42-30-29-34-14-5-7-19-40(34)51(42)55)41-20-9-11-24-47(41)56(49)52-53-46-23-10-8-21-43(46)50(54-52)36-27-25-35(26-28-36)39-22-12-15-33-13-4-6-18-38(33)39;1-3-13-31(14-4-1)32-23-25-34(26-24-32)46-39-20-9-11-21-42(39)49-48(50-46)52-43-22-12-10-19-37(43)40-29-41-38-28-27-33-15-7-8-18-36(33)47(38)51(44(41)30-45(40)52)35-16-5-2-6-17-35/h1-32H;1-30H. The van der Waals surface area contributed by atoms with Crippen molar-refractivity contribution in [3.8, 4) is 68.0 Å². The fraction of sp³-hybridized carbons (Fsp3) is 0. The lowest BCUT2D eigenvalue weighted by atomic mass is 9.96. The highest BCUT2D eigenvalue weighted by atomic mass is 15.2. The Morgan fingerprint density at radius 2 is 0.519 bits per heavy atom. The molecule has 0 aliphatic rings. The molecule has 23 aromatic rings. The second-order valence-corrected chi connectivity index (χ2v) is 28.0. The van der Waals surface area contributed by atoms with Crippen molar-refractivity contribution in [2.24, 2.45) is 0 Å². The van der Waals surface area contributed by atoms with Crippen LogP contribution in [0.5, 0.6) is 0 Å². The van der Waals surface area contributed by atoms with Gasteiger partial charge in [-0.25, -0.2) is 19.9 Å². The average Bonchev–Trinajstić information content (AvgIpc) is 1.55. The maximum atomic E-state index is 5.46. The van der Waals surface area contributed by atoms with Gasteiger partial charge in [-0.15, -0.1) is 0 Å². The number of aromatic nitrogens is 8. The first-order valence-corrected chi connectivity index (χ1v) is 36.8. The molecule has 502 valence electrons. The van der Waals surface area contributed by atoms with Gasteiger partial charge in [0.2, 0.25) is 11.9 Å².